The van der Waals surface area contributed by atoms with Gasteiger partial charge in [0.05, 0.1) is 5.60 Å². The van der Waals surface area contributed by atoms with E-state index < -0.39 is 17.6 Å². The number of amides is 3. The molecule has 1 aromatic rings. The number of nitrogens with zero attached hydrogens (tertiary/aromatic N) is 1. The molecule has 3 amide bonds. The van der Waals surface area contributed by atoms with Gasteiger partial charge in [0.25, 0.3) is 5.91 Å². The first-order chi connectivity index (χ1) is 12.0. The van der Waals surface area contributed by atoms with Gasteiger partial charge in [0.15, 0.2) is 0 Å². The van der Waals surface area contributed by atoms with Crippen molar-refractivity contribution in [3.63, 3.8) is 0 Å². The summed E-state index contributed by atoms with van der Waals surface area (Å²) < 4.78 is 0. The Labute approximate surface area is 145 Å². The van der Waals surface area contributed by atoms with Crippen molar-refractivity contribution in [1.82, 2.24) is 15.5 Å². The monoisotopic (exact) mass is 343 g/mol. The lowest BCUT2D eigenvalue weighted by atomic mass is 9.81. The Morgan fingerprint density at radius 1 is 1.16 bits per heavy atom. The zero-order valence-electron chi connectivity index (χ0n) is 13.9. The summed E-state index contributed by atoms with van der Waals surface area (Å²) in [6.45, 7) is 1.75. The number of hydrogen-bond acceptors (Lipinski definition) is 5. The van der Waals surface area contributed by atoms with Crippen LogP contribution in [0.25, 0.3) is 0 Å². The van der Waals surface area contributed by atoms with Crippen LogP contribution in [0.1, 0.15) is 47.2 Å². The average molecular weight is 343 g/mol. The standard InChI is InChI=1S/C18H21N3O4/c22-15-5-4-14(16(23)20-15)21-10-12-11(17(21)24)2-1-3-13(12)18(25)6-8-19-9-7-18/h1-3,14,19,25H,4-10H2,(H,20,22,23). The maximum absolute atomic E-state index is 12.8. The van der Waals surface area contributed by atoms with Gasteiger partial charge in [-0.25, -0.2) is 0 Å². The van der Waals surface area contributed by atoms with Crippen LogP contribution in [0.15, 0.2) is 18.2 Å². The van der Waals surface area contributed by atoms with Gasteiger partial charge < -0.3 is 15.3 Å². The lowest BCUT2D eigenvalue weighted by Gasteiger charge is -2.34. The summed E-state index contributed by atoms with van der Waals surface area (Å²) in [5, 5.41) is 16.6. The molecular formula is C18H21N3O4. The Hall–Kier alpha value is -2.25. The lowest BCUT2D eigenvalue weighted by molar-refractivity contribution is -0.136. The highest BCUT2D eigenvalue weighted by Gasteiger charge is 2.42. The molecule has 2 fully saturated rings. The zero-order chi connectivity index (χ0) is 17.6. The second-order valence-electron chi connectivity index (χ2n) is 7.01. The summed E-state index contributed by atoms with van der Waals surface area (Å²) in [4.78, 5) is 37.9. The highest BCUT2D eigenvalue weighted by atomic mass is 16.3. The average Bonchev–Trinajstić information content (AvgIpc) is 2.92. The predicted octanol–water partition coefficient (Wildman–Crippen LogP) is 0.0186. The minimum absolute atomic E-state index is 0.205. The molecule has 1 atom stereocenters. The molecule has 3 N–H and O–H groups in total. The molecule has 1 unspecified atom stereocenters. The fourth-order valence-corrected chi connectivity index (χ4v) is 4.13. The van der Waals surface area contributed by atoms with Crippen LogP contribution in [0, 0.1) is 0 Å². The number of rotatable bonds is 2. The van der Waals surface area contributed by atoms with Crippen molar-refractivity contribution in [2.45, 2.75) is 43.9 Å². The van der Waals surface area contributed by atoms with Crippen molar-refractivity contribution in [3.8, 4) is 0 Å². The first-order valence-corrected chi connectivity index (χ1v) is 8.70. The van der Waals surface area contributed by atoms with Gasteiger partial charge in [-0.15, -0.1) is 0 Å². The normalized spacial score (nSPS) is 25.7. The Balaban J connectivity index is 1.66. The molecule has 0 aliphatic carbocycles. The molecule has 7 heteroatoms. The van der Waals surface area contributed by atoms with E-state index >= 15 is 0 Å². The molecule has 3 aliphatic rings. The van der Waals surface area contributed by atoms with Crippen LogP contribution < -0.4 is 10.6 Å². The minimum Gasteiger partial charge on any atom is -0.385 e. The van der Waals surface area contributed by atoms with E-state index in [0.29, 0.717) is 31.4 Å². The molecule has 0 radical (unpaired) electrons. The van der Waals surface area contributed by atoms with E-state index in [2.05, 4.69) is 10.6 Å². The number of fused-ring (bicyclic) bond motifs is 1. The first-order valence-electron chi connectivity index (χ1n) is 8.70. The highest BCUT2D eigenvalue weighted by molar-refractivity contribution is 6.05. The molecular weight excluding hydrogens is 322 g/mol. The number of imide groups is 1. The first kappa shape index (κ1) is 16.2. The Morgan fingerprint density at radius 3 is 2.64 bits per heavy atom. The second-order valence-corrected chi connectivity index (χ2v) is 7.01. The summed E-state index contributed by atoms with van der Waals surface area (Å²) in [6.07, 6.45) is 1.76. The largest absolute Gasteiger partial charge is 0.385 e. The van der Waals surface area contributed by atoms with E-state index in [1.807, 2.05) is 6.07 Å². The number of piperidine rings is 2. The Kier molecular flexibility index (Phi) is 3.85. The molecule has 1 aromatic carbocycles. The van der Waals surface area contributed by atoms with Crippen molar-refractivity contribution in [1.29, 1.82) is 0 Å². The number of nitrogens with one attached hydrogen (secondary N) is 2. The van der Waals surface area contributed by atoms with Gasteiger partial charge in [-0.3, -0.25) is 19.7 Å². The van der Waals surface area contributed by atoms with Gasteiger partial charge in [-0.05, 0) is 49.5 Å². The maximum atomic E-state index is 12.8. The summed E-state index contributed by atoms with van der Waals surface area (Å²) >= 11 is 0. The van der Waals surface area contributed by atoms with E-state index in [4.69, 9.17) is 0 Å². The molecule has 3 aliphatic heterocycles. The number of aliphatic hydroxyl groups is 1. The van der Waals surface area contributed by atoms with Crippen LogP contribution in [-0.4, -0.2) is 46.9 Å². The molecule has 0 saturated carbocycles. The quantitative estimate of drug-likeness (QED) is 0.658. The summed E-state index contributed by atoms with van der Waals surface area (Å²) in [5.41, 5.74) is 1.20. The highest BCUT2D eigenvalue weighted by Crippen LogP contribution is 2.38. The van der Waals surface area contributed by atoms with E-state index in [0.717, 1.165) is 24.2 Å². The van der Waals surface area contributed by atoms with Gasteiger partial charge in [-0.1, -0.05) is 12.1 Å². The van der Waals surface area contributed by atoms with E-state index in [9.17, 15) is 19.5 Å². The summed E-state index contributed by atoms with van der Waals surface area (Å²) in [5.74, 6) is -0.918. The molecule has 0 spiro atoms. The zero-order valence-corrected chi connectivity index (χ0v) is 13.9. The number of carbonyl (C=O) groups is 3. The SMILES string of the molecule is O=C1CCC(N2Cc3c(cccc3C3(O)CCNCC3)C2=O)C(=O)N1. The number of hydrogen-bond donors (Lipinski definition) is 3. The van der Waals surface area contributed by atoms with Crippen LogP contribution in [-0.2, 0) is 21.7 Å². The molecule has 4 rings (SSSR count). The van der Waals surface area contributed by atoms with E-state index in [1.165, 1.54) is 4.90 Å². The Morgan fingerprint density at radius 2 is 1.92 bits per heavy atom. The third-order valence-corrected chi connectivity index (χ3v) is 5.51. The minimum atomic E-state index is -0.947. The predicted molar refractivity (Wildman–Crippen MR) is 88.5 cm³/mol. The van der Waals surface area contributed by atoms with E-state index in [-0.39, 0.29) is 18.2 Å². The molecule has 2 saturated heterocycles. The van der Waals surface area contributed by atoms with Crippen LogP contribution >= 0.6 is 0 Å². The maximum Gasteiger partial charge on any atom is 0.255 e. The molecule has 7 nitrogen and oxygen atoms in total. The Bertz CT molecular complexity index is 755. The van der Waals surface area contributed by atoms with Crippen molar-refractivity contribution >= 4 is 17.7 Å². The van der Waals surface area contributed by atoms with Crippen molar-refractivity contribution in [3.05, 3.63) is 34.9 Å². The van der Waals surface area contributed by atoms with Crippen molar-refractivity contribution < 1.29 is 19.5 Å². The van der Waals surface area contributed by atoms with Gasteiger partial charge in [0.1, 0.15) is 6.04 Å². The fraction of sp³-hybridized carbons (Fsp3) is 0.500. The molecule has 0 bridgehead atoms. The lowest BCUT2D eigenvalue weighted by Crippen LogP contribution is -2.52. The molecule has 25 heavy (non-hydrogen) atoms. The molecule has 132 valence electrons. The number of carbonyl (C=O) groups excluding carboxylic acids is 3. The third-order valence-electron chi connectivity index (χ3n) is 5.51. The van der Waals surface area contributed by atoms with Crippen LogP contribution in [0.3, 0.4) is 0 Å². The van der Waals surface area contributed by atoms with E-state index in [1.54, 1.807) is 12.1 Å². The van der Waals surface area contributed by atoms with Gasteiger partial charge in [0, 0.05) is 18.5 Å². The smallest absolute Gasteiger partial charge is 0.255 e. The van der Waals surface area contributed by atoms with Crippen LogP contribution in [0.5, 0.6) is 0 Å². The molecule has 0 aromatic heterocycles. The second kappa shape index (κ2) is 5.93. The van der Waals surface area contributed by atoms with Gasteiger partial charge in [-0.2, -0.15) is 0 Å². The van der Waals surface area contributed by atoms with Gasteiger partial charge in [0.2, 0.25) is 11.8 Å². The van der Waals surface area contributed by atoms with Crippen LogP contribution in [0.4, 0.5) is 0 Å². The van der Waals surface area contributed by atoms with Crippen molar-refractivity contribution in [2.24, 2.45) is 0 Å². The third kappa shape index (κ3) is 2.63. The topological polar surface area (TPSA) is 98.7 Å². The molecule has 3 heterocycles. The van der Waals surface area contributed by atoms with Gasteiger partial charge >= 0.3 is 0 Å². The summed E-state index contributed by atoms with van der Waals surface area (Å²) in [7, 11) is 0. The fourth-order valence-electron chi connectivity index (χ4n) is 4.13. The number of benzene rings is 1. The van der Waals surface area contributed by atoms with Crippen molar-refractivity contribution in [2.75, 3.05) is 13.1 Å². The summed E-state index contributed by atoms with van der Waals surface area (Å²) in [6, 6.07) is 4.79. The van der Waals surface area contributed by atoms with Crippen LogP contribution in [0.2, 0.25) is 0 Å².